The van der Waals surface area contributed by atoms with Gasteiger partial charge in [0.05, 0.1) is 16.7 Å². The van der Waals surface area contributed by atoms with Gasteiger partial charge >= 0.3 is 0 Å². The average Bonchev–Trinajstić information content (AvgIpc) is 3.07. The number of benzene rings is 1. The zero-order valence-electron chi connectivity index (χ0n) is 13.0. The normalized spacial score (nSPS) is 18.3. The smallest absolute Gasteiger partial charge is 0.262 e. The monoisotopic (exact) mass is 415 g/mol. The molecule has 3 amide bonds. The number of rotatable bonds is 4. The zero-order chi connectivity index (χ0) is 16.6. The summed E-state index contributed by atoms with van der Waals surface area (Å²) in [6.45, 7) is 0.0967. The lowest BCUT2D eigenvalue weighted by Crippen LogP contribution is -2.54. The fraction of sp³-hybridized carbons (Fsp3) is 0.438. The number of nitrogens with zero attached hydrogens (tertiary/aromatic N) is 1. The van der Waals surface area contributed by atoms with Gasteiger partial charge in [-0.05, 0) is 31.0 Å². The Kier molecular flexibility index (Phi) is 5.67. The molecule has 6 nitrogen and oxygen atoms in total. The van der Waals surface area contributed by atoms with Gasteiger partial charge in [-0.2, -0.15) is 0 Å². The Labute approximate surface area is 154 Å². The molecule has 1 aliphatic heterocycles. The van der Waals surface area contributed by atoms with Crippen LogP contribution in [0.5, 0.6) is 0 Å². The van der Waals surface area contributed by atoms with Crippen molar-refractivity contribution in [3.63, 3.8) is 0 Å². The molecule has 1 heterocycles. The van der Waals surface area contributed by atoms with Crippen LogP contribution < -0.4 is 11.1 Å². The molecule has 1 fully saturated rings. The number of amides is 3. The van der Waals surface area contributed by atoms with Gasteiger partial charge in [-0.3, -0.25) is 19.3 Å². The van der Waals surface area contributed by atoms with Crippen molar-refractivity contribution < 1.29 is 14.4 Å². The summed E-state index contributed by atoms with van der Waals surface area (Å²) < 4.78 is 0.719. The third-order valence-electron chi connectivity index (χ3n) is 4.59. The zero-order valence-corrected chi connectivity index (χ0v) is 15.4. The van der Waals surface area contributed by atoms with Gasteiger partial charge in [-0.1, -0.05) is 28.8 Å². The van der Waals surface area contributed by atoms with Gasteiger partial charge in [0.15, 0.2) is 0 Å². The highest BCUT2D eigenvalue weighted by Gasteiger charge is 2.39. The molecule has 1 saturated carbocycles. The fourth-order valence-corrected chi connectivity index (χ4v) is 3.68. The van der Waals surface area contributed by atoms with Crippen molar-refractivity contribution in [2.24, 2.45) is 5.73 Å². The SMILES string of the molecule is Cl.NCC1(NC(=O)CN2C(=O)c3ccc(Br)cc3C2=O)CCCC1. The van der Waals surface area contributed by atoms with Crippen LogP contribution in [0.3, 0.4) is 0 Å². The van der Waals surface area contributed by atoms with E-state index in [0.717, 1.165) is 35.1 Å². The quantitative estimate of drug-likeness (QED) is 0.733. The minimum Gasteiger partial charge on any atom is -0.348 e. The summed E-state index contributed by atoms with van der Waals surface area (Å²) in [7, 11) is 0. The lowest BCUT2D eigenvalue weighted by atomic mass is 9.98. The predicted molar refractivity (Wildman–Crippen MR) is 95.2 cm³/mol. The van der Waals surface area contributed by atoms with E-state index in [0.29, 0.717) is 17.7 Å². The van der Waals surface area contributed by atoms with E-state index in [-0.39, 0.29) is 24.9 Å². The van der Waals surface area contributed by atoms with E-state index in [9.17, 15) is 14.4 Å². The van der Waals surface area contributed by atoms with Crippen LogP contribution in [0.4, 0.5) is 0 Å². The van der Waals surface area contributed by atoms with Crippen molar-refractivity contribution in [3.05, 3.63) is 33.8 Å². The molecule has 2 aliphatic rings. The molecule has 1 aromatic carbocycles. The highest BCUT2D eigenvalue weighted by molar-refractivity contribution is 9.10. The second-order valence-electron chi connectivity index (χ2n) is 6.13. The molecular formula is C16H19BrClN3O3. The third-order valence-corrected chi connectivity index (χ3v) is 5.08. The van der Waals surface area contributed by atoms with Crippen LogP contribution in [-0.4, -0.2) is 41.2 Å². The van der Waals surface area contributed by atoms with Gasteiger partial charge in [-0.25, -0.2) is 0 Å². The first-order valence-corrected chi connectivity index (χ1v) is 8.42. The highest BCUT2D eigenvalue weighted by Crippen LogP contribution is 2.29. The molecule has 0 saturated heterocycles. The first kappa shape index (κ1) is 18.9. The Morgan fingerprint density at radius 1 is 1.21 bits per heavy atom. The molecule has 1 aromatic rings. The Bertz CT molecular complexity index is 689. The Morgan fingerprint density at radius 3 is 2.46 bits per heavy atom. The van der Waals surface area contributed by atoms with Gasteiger partial charge in [0.25, 0.3) is 11.8 Å². The number of halogens is 2. The van der Waals surface area contributed by atoms with Crippen LogP contribution in [0.2, 0.25) is 0 Å². The van der Waals surface area contributed by atoms with Gasteiger partial charge in [-0.15, -0.1) is 12.4 Å². The second kappa shape index (κ2) is 7.21. The minimum absolute atomic E-state index is 0. The van der Waals surface area contributed by atoms with Crippen LogP contribution in [0, 0.1) is 0 Å². The summed E-state index contributed by atoms with van der Waals surface area (Å²) in [4.78, 5) is 38.0. The lowest BCUT2D eigenvalue weighted by molar-refractivity contribution is -0.123. The van der Waals surface area contributed by atoms with E-state index in [1.165, 1.54) is 0 Å². The molecule has 0 spiro atoms. The Hall–Kier alpha value is -1.44. The Morgan fingerprint density at radius 2 is 1.83 bits per heavy atom. The molecule has 0 unspecified atom stereocenters. The van der Waals surface area contributed by atoms with Crippen LogP contribution in [-0.2, 0) is 4.79 Å². The van der Waals surface area contributed by atoms with E-state index in [1.807, 2.05) is 0 Å². The third kappa shape index (κ3) is 3.34. The largest absolute Gasteiger partial charge is 0.348 e. The van der Waals surface area contributed by atoms with Crippen molar-refractivity contribution in [1.29, 1.82) is 0 Å². The number of carbonyl (C=O) groups is 3. The summed E-state index contributed by atoms with van der Waals surface area (Å²) in [5.41, 5.74) is 6.07. The molecule has 3 N–H and O–H groups in total. The number of carbonyl (C=O) groups excluding carboxylic acids is 3. The van der Waals surface area contributed by atoms with Gasteiger partial charge in [0, 0.05) is 11.0 Å². The van der Waals surface area contributed by atoms with Gasteiger partial charge in [0.2, 0.25) is 5.91 Å². The number of hydrogen-bond donors (Lipinski definition) is 2. The van der Waals surface area contributed by atoms with Crippen LogP contribution in [0.25, 0.3) is 0 Å². The van der Waals surface area contributed by atoms with Crippen LogP contribution in [0.15, 0.2) is 22.7 Å². The molecule has 8 heteroatoms. The summed E-state index contributed by atoms with van der Waals surface area (Å²) in [6, 6.07) is 4.90. The lowest BCUT2D eigenvalue weighted by Gasteiger charge is -2.29. The van der Waals surface area contributed by atoms with E-state index >= 15 is 0 Å². The number of imide groups is 1. The van der Waals surface area contributed by atoms with Crippen molar-refractivity contribution in [3.8, 4) is 0 Å². The number of hydrogen-bond acceptors (Lipinski definition) is 4. The number of fused-ring (bicyclic) bond motifs is 1. The summed E-state index contributed by atoms with van der Waals surface area (Å²) in [5.74, 6) is -1.21. The molecule has 0 bridgehead atoms. The molecule has 1 aliphatic carbocycles. The van der Waals surface area contributed by atoms with Gasteiger partial charge in [0.1, 0.15) is 6.54 Å². The average molecular weight is 417 g/mol. The maximum Gasteiger partial charge on any atom is 0.262 e. The first-order valence-electron chi connectivity index (χ1n) is 7.63. The second-order valence-corrected chi connectivity index (χ2v) is 7.04. The maximum atomic E-state index is 12.4. The van der Waals surface area contributed by atoms with Crippen molar-refractivity contribution in [2.75, 3.05) is 13.1 Å². The Balaban J connectivity index is 0.00000208. The predicted octanol–water partition coefficient (Wildman–Crippen LogP) is 1.85. The van der Waals surface area contributed by atoms with Crippen LogP contribution in [0.1, 0.15) is 46.4 Å². The molecule has 3 rings (SSSR count). The molecule has 0 radical (unpaired) electrons. The van der Waals surface area contributed by atoms with E-state index in [4.69, 9.17) is 5.73 Å². The fourth-order valence-electron chi connectivity index (χ4n) is 3.32. The molecule has 0 atom stereocenters. The van der Waals surface area contributed by atoms with E-state index in [1.54, 1.807) is 18.2 Å². The standard InChI is InChI=1S/C16H18BrN3O3.ClH/c17-10-3-4-11-12(7-10)15(23)20(14(11)22)8-13(21)19-16(9-18)5-1-2-6-16;/h3-4,7H,1-2,5-6,8-9,18H2,(H,19,21);1H. The molecule has 0 aromatic heterocycles. The summed E-state index contributed by atoms with van der Waals surface area (Å²) in [6.07, 6.45) is 3.73. The maximum absolute atomic E-state index is 12.4. The highest BCUT2D eigenvalue weighted by atomic mass is 79.9. The molecule has 24 heavy (non-hydrogen) atoms. The molecular weight excluding hydrogens is 398 g/mol. The van der Waals surface area contributed by atoms with Crippen LogP contribution >= 0.6 is 28.3 Å². The number of nitrogens with one attached hydrogen (secondary N) is 1. The topological polar surface area (TPSA) is 92.5 Å². The number of nitrogens with two attached hydrogens (primary N) is 1. The minimum atomic E-state index is -0.435. The summed E-state index contributed by atoms with van der Waals surface area (Å²) >= 11 is 3.28. The van der Waals surface area contributed by atoms with Crippen molar-refractivity contribution in [1.82, 2.24) is 10.2 Å². The van der Waals surface area contributed by atoms with Gasteiger partial charge < -0.3 is 11.1 Å². The first-order chi connectivity index (χ1) is 11.0. The summed E-state index contributed by atoms with van der Waals surface area (Å²) in [5, 5.41) is 2.93. The van der Waals surface area contributed by atoms with E-state index in [2.05, 4.69) is 21.2 Å². The van der Waals surface area contributed by atoms with Crippen molar-refractivity contribution in [2.45, 2.75) is 31.2 Å². The van der Waals surface area contributed by atoms with E-state index < -0.39 is 17.4 Å². The molecule has 130 valence electrons. The van der Waals surface area contributed by atoms with Crippen molar-refractivity contribution >= 4 is 46.1 Å².